The molecule has 11 nitrogen and oxygen atoms in total. The number of nitrogens with one attached hydrogen (secondary N) is 1. The number of aromatic nitrogens is 5. The molecule has 0 saturated carbocycles. The van der Waals surface area contributed by atoms with Gasteiger partial charge in [0.25, 0.3) is 11.2 Å². The summed E-state index contributed by atoms with van der Waals surface area (Å²) >= 11 is 0. The number of pyridine rings is 1. The van der Waals surface area contributed by atoms with E-state index < -0.39 is 11.0 Å². The highest BCUT2D eigenvalue weighted by molar-refractivity contribution is 5.82. The number of aryl methyl sites for hydroxylation is 1. The van der Waals surface area contributed by atoms with E-state index in [2.05, 4.69) is 30.3 Å². The molecule has 1 saturated heterocycles. The van der Waals surface area contributed by atoms with Crippen molar-refractivity contribution >= 4 is 22.3 Å². The second-order valence-corrected chi connectivity index (χ2v) is 9.97. The van der Waals surface area contributed by atoms with Gasteiger partial charge >= 0.3 is 0 Å². The third-order valence-corrected chi connectivity index (χ3v) is 7.50. The fourth-order valence-corrected chi connectivity index (χ4v) is 5.40. The van der Waals surface area contributed by atoms with Gasteiger partial charge < -0.3 is 9.88 Å². The number of non-ortho nitro benzene ring substituents is 1. The van der Waals surface area contributed by atoms with Crippen molar-refractivity contribution < 1.29 is 4.92 Å². The molecular formula is C29H28N8O3. The predicted octanol–water partition coefficient (Wildman–Crippen LogP) is 3.69. The Morgan fingerprint density at radius 3 is 2.45 bits per heavy atom. The van der Waals surface area contributed by atoms with Crippen LogP contribution < -0.4 is 10.5 Å². The van der Waals surface area contributed by atoms with Gasteiger partial charge in [0, 0.05) is 49.6 Å². The van der Waals surface area contributed by atoms with E-state index in [0.29, 0.717) is 44.1 Å². The molecule has 0 bridgehead atoms. The standard InChI is InChI=1S/C29H28N8O3/c1-20-6-5-9-22-18-25(29(38)30-26(20)22)27(28-31-32-33-36(28)19-21-7-3-2-4-8-21)35-16-14-34(15-17-35)23-10-12-24(13-11-23)37(39)40/h2-13,18,27H,14-17,19H2,1H3,(H,30,38)/t27-/m1/s1. The minimum absolute atomic E-state index is 0.0680. The van der Waals surface area contributed by atoms with Crippen LogP contribution in [0, 0.1) is 17.0 Å². The van der Waals surface area contributed by atoms with Crippen molar-refractivity contribution in [3.05, 3.63) is 122 Å². The maximum Gasteiger partial charge on any atom is 0.269 e. The highest BCUT2D eigenvalue weighted by Gasteiger charge is 2.33. The summed E-state index contributed by atoms with van der Waals surface area (Å²) in [6, 6.07) is 24.0. The number of nitro groups is 1. The van der Waals surface area contributed by atoms with Gasteiger partial charge in [-0.3, -0.25) is 19.8 Å². The van der Waals surface area contributed by atoms with Gasteiger partial charge in [0.2, 0.25) is 0 Å². The molecule has 0 spiro atoms. The SMILES string of the molecule is Cc1cccc2cc([C@H](c3nnnn3Cc3ccccc3)N3CCN(c4ccc([N+](=O)[O-])cc4)CC3)c(=O)[nH]c12. The molecule has 202 valence electrons. The van der Waals surface area contributed by atoms with Gasteiger partial charge in [-0.1, -0.05) is 48.5 Å². The largest absolute Gasteiger partial charge is 0.369 e. The molecule has 11 heteroatoms. The fourth-order valence-electron chi connectivity index (χ4n) is 5.40. The van der Waals surface area contributed by atoms with Crippen molar-refractivity contribution in [1.29, 1.82) is 0 Å². The summed E-state index contributed by atoms with van der Waals surface area (Å²) in [5.41, 5.74) is 4.30. The highest BCUT2D eigenvalue weighted by Crippen LogP contribution is 2.30. The van der Waals surface area contributed by atoms with Crippen LogP contribution in [0.2, 0.25) is 0 Å². The molecule has 0 amide bonds. The Kier molecular flexibility index (Phi) is 6.79. The van der Waals surface area contributed by atoms with Crippen molar-refractivity contribution in [2.75, 3.05) is 31.1 Å². The summed E-state index contributed by atoms with van der Waals surface area (Å²) in [4.78, 5) is 31.8. The van der Waals surface area contributed by atoms with Gasteiger partial charge in [-0.25, -0.2) is 4.68 Å². The first-order chi connectivity index (χ1) is 19.5. The van der Waals surface area contributed by atoms with Gasteiger partial charge in [-0.2, -0.15) is 0 Å². The summed E-state index contributed by atoms with van der Waals surface area (Å²) in [5.74, 6) is 0.602. The smallest absolute Gasteiger partial charge is 0.269 e. The van der Waals surface area contributed by atoms with Gasteiger partial charge in [-0.15, -0.1) is 5.10 Å². The van der Waals surface area contributed by atoms with Crippen molar-refractivity contribution in [2.45, 2.75) is 19.5 Å². The number of aromatic amines is 1. The average molecular weight is 537 g/mol. The molecule has 1 N–H and O–H groups in total. The van der Waals surface area contributed by atoms with Gasteiger partial charge in [0.15, 0.2) is 5.82 Å². The monoisotopic (exact) mass is 536 g/mol. The number of H-pyrrole nitrogens is 1. The van der Waals surface area contributed by atoms with E-state index in [1.807, 2.05) is 61.5 Å². The number of hydrogen-bond acceptors (Lipinski definition) is 8. The normalized spacial score (nSPS) is 14.9. The van der Waals surface area contributed by atoms with Crippen LogP contribution in [0.5, 0.6) is 0 Å². The van der Waals surface area contributed by atoms with E-state index >= 15 is 0 Å². The van der Waals surface area contributed by atoms with E-state index in [1.165, 1.54) is 12.1 Å². The number of piperazine rings is 1. The van der Waals surface area contributed by atoms with Crippen LogP contribution in [-0.4, -0.2) is 61.2 Å². The van der Waals surface area contributed by atoms with Gasteiger partial charge in [0.1, 0.15) is 6.04 Å². The number of hydrogen-bond donors (Lipinski definition) is 1. The van der Waals surface area contributed by atoms with E-state index in [0.717, 1.165) is 27.7 Å². The number of benzene rings is 3. The number of nitro benzene ring substituents is 1. The van der Waals surface area contributed by atoms with Gasteiger partial charge in [0.05, 0.1) is 17.0 Å². The first-order valence-electron chi connectivity index (χ1n) is 13.1. The number of fused-ring (bicyclic) bond motifs is 1. The van der Waals surface area contributed by atoms with Crippen molar-refractivity contribution in [2.24, 2.45) is 0 Å². The lowest BCUT2D eigenvalue weighted by Crippen LogP contribution is -2.49. The lowest BCUT2D eigenvalue weighted by molar-refractivity contribution is -0.384. The summed E-state index contributed by atoms with van der Waals surface area (Å²) < 4.78 is 1.77. The third-order valence-electron chi connectivity index (χ3n) is 7.50. The topological polar surface area (TPSA) is 126 Å². The maximum atomic E-state index is 13.6. The van der Waals surface area contributed by atoms with E-state index in [1.54, 1.807) is 16.8 Å². The molecule has 1 atom stereocenters. The quantitative estimate of drug-likeness (QED) is 0.247. The lowest BCUT2D eigenvalue weighted by atomic mass is 10.0. The van der Waals surface area contributed by atoms with E-state index in [9.17, 15) is 14.9 Å². The average Bonchev–Trinajstić information content (AvgIpc) is 3.42. The molecule has 0 radical (unpaired) electrons. The number of tetrazole rings is 1. The molecule has 0 aliphatic carbocycles. The molecule has 1 aliphatic heterocycles. The molecule has 40 heavy (non-hydrogen) atoms. The molecule has 0 unspecified atom stereocenters. The Labute approximate surface area is 229 Å². The first kappa shape index (κ1) is 25.4. The van der Waals surface area contributed by atoms with Crippen LogP contribution in [0.3, 0.4) is 0 Å². The number of anilines is 1. The Morgan fingerprint density at radius 1 is 0.975 bits per heavy atom. The minimum Gasteiger partial charge on any atom is -0.369 e. The Balaban J connectivity index is 1.35. The summed E-state index contributed by atoms with van der Waals surface area (Å²) in [5, 5.41) is 24.8. The Hall–Kier alpha value is -4.90. The van der Waals surface area contributed by atoms with E-state index in [4.69, 9.17) is 0 Å². The zero-order chi connectivity index (χ0) is 27.6. The molecule has 1 fully saturated rings. The zero-order valence-corrected chi connectivity index (χ0v) is 22.0. The zero-order valence-electron chi connectivity index (χ0n) is 22.0. The van der Waals surface area contributed by atoms with Crippen LogP contribution in [0.1, 0.15) is 28.6 Å². The summed E-state index contributed by atoms with van der Waals surface area (Å²) in [6.45, 7) is 5.11. The highest BCUT2D eigenvalue weighted by atomic mass is 16.6. The molecule has 2 aromatic heterocycles. The number of nitrogens with zero attached hydrogens (tertiary/aromatic N) is 7. The van der Waals surface area contributed by atoms with Crippen molar-refractivity contribution in [3.63, 3.8) is 0 Å². The Morgan fingerprint density at radius 2 is 1.73 bits per heavy atom. The molecular weight excluding hydrogens is 508 g/mol. The van der Waals surface area contributed by atoms with Crippen LogP contribution in [-0.2, 0) is 6.54 Å². The summed E-state index contributed by atoms with van der Waals surface area (Å²) in [6.07, 6.45) is 0. The van der Waals surface area contributed by atoms with Gasteiger partial charge in [-0.05, 0) is 52.1 Å². The predicted molar refractivity (Wildman–Crippen MR) is 151 cm³/mol. The van der Waals surface area contributed by atoms with Crippen molar-refractivity contribution in [1.82, 2.24) is 30.1 Å². The van der Waals surface area contributed by atoms with Crippen LogP contribution >= 0.6 is 0 Å². The Bertz CT molecular complexity index is 1710. The number of para-hydroxylation sites is 1. The summed E-state index contributed by atoms with van der Waals surface area (Å²) in [7, 11) is 0. The van der Waals surface area contributed by atoms with Crippen molar-refractivity contribution in [3.8, 4) is 0 Å². The lowest BCUT2D eigenvalue weighted by Gasteiger charge is -2.39. The third kappa shape index (κ3) is 4.94. The molecule has 5 aromatic rings. The van der Waals surface area contributed by atoms with Crippen LogP contribution in [0.15, 0.2) is 83.7 Å². The molecule has 6 rings (SSSR count). The minimum atomic E-state index is -0.466. The molecule has 1 aliphatic rings. The van der Waals surface area contributed by atoms with Crippen LogP contribution in [0.4, 0.5) is 11.4 Å². The fraction of sp³-hybridized carbons (Fsp3) is 0.241. The first-order valence-corrected chi connectivity index (χ1v) is 13.1. The molecule has 3 heterocycles. The van der Waals surface area contributed by atoms with E-state index in [-0.39, 0.29) is 11.2 Å². The van der Waals surface area contributed by atoms with Crippen LogP contribution in [0.25, 0.3) is 10.9 Å². The second kappa shape index (κ2) is 10.7. The molecule has 3 aromatic carbocycles. The maximum absolute atomic E-state index is 13.6. The number of rotatable bonds is 7. The second-order valence-electron chi connectivity index (χ2n) is 9.97.